The molecule has 0 aliphatic rings. The number of esters is 1. The molecule has 35 heavy (non-hydrogen) atoms. The average Bonchev–Trinajstić information content (AvgIpc) is 2.80. The van der Waals surface area contributed by atoms with Gasteiger partial charge in [-0.1, -0.05) is 41.5 Å². The Bertz CT molecular complexity index is 1280. The van der Waals surface area contributed by atoms with Gasteiger partial charge in [-0.25, -0.2) is 9.59 Å². The molecule has 0 atom stereocenters. The Morgan fingerprint density at radius 1 is 0.971 bits per heavy atom. The van der Waals surface area contributed by atoms with Crippen molar-refractivity contribution in [1.29, 1.82) is 0 Å². The lowest BCUT2D eigenvalue weighted by atomic mass is 10.1. The predicted octanol–water partition coefficient (Wildman–Crippen LogP) is 6.87. The molecule has 6 heteroatoms. The van der Waals surface area contributed by atoms with Crippen molar-refractivity contribution in [3.63, 3.8) is 0 Å². The summed E-state index contributed by atoms with van der Waals surface area (Å²) >= 11 is 0. The van der Waals surface area contributed by atoms with Crippen molar-refractivity contribution in [2.75, 3.05) is 6.61 Å². The number of benzene rings is 2. The van der Waals surface area contributed by atoms with E-state index in [1.54, 1.807) is 48.5 Å². The summed E-state index contributed by atoms with van der Waals surface area (Å²) in [6.45, 7) is 10.0. The van der Waals surface area contributed by atoms with Gasteiger partial charge in [0.25, 0.3) is 0 Å². The minimum atomic E-state index is -0.731. The van der Waals surface area contributed by atoms with Gasteiger partial charge in [-0.05, 0) is 77.8 Å². The molecule has 0 aliphatic carbocycles. The molecule has 0 unspecified atom stereocenters. The minimum absolute atomic E-state index is 0.0167. The molecule has 2 aromatic carbocycles. The second kappa shape index (κ2) is 12.1. The minimum Gasteiger partial charge on any atom is -0.490 e. The number of ether oxygens (including phenoxy) is 3. The van der Waals surface area contributed by atoms with Crippen LogP contribution < -0.4 is 19.8 Å². The van der Waals surface area contributed by atoms with E-state index in [0.29, 0.717) is 16.7 Å². The molecule has 3 aromatic rings. The lowest BCUT2D eigenvalue weighted by Gasteiger charge is -2.16. The van der Waals surface area contributed by atoms with Crippen LogP contribution in [0.4, 0.5) is 0 Å². The lowest BCUT2D eigenvalue weighted by Crippen LogP contribution is -2.15. The summed E-state index contributed by atoms with van der Waals surface area (Å²) in [4.78, 5) is 25.8. The molecule has 0 bridgehead atoms. The van der Waals surface area contributed by atoms with Crippen molar-refractivity contribution in [2.24, 2.45) is 0 Å². The highest BCUT2D eigenvalue weighted by molar-refractivity contribution is 5.97. The van der Waals surface area contributed by atoms with Crippen LogP contribution in [0.5, 0.6) is 17.2 Å². The van der Waals surface area contributed by atoms with Gasteiger partial charge >= 0.3 is 11.6 Å². The van der Waals surface area contributed by atoms with Crippen molar-refractivity contribution in [3.05, 3.63) is 87.8 Å². The van der Waals surface area contributed by atoms with Crippen molar-refractivity contribution in [1.82, 2.24) is 0 Å². The van der Waals surface area contributed by atoms with Gasteiger partial charge in [0, 0.05) is 0 Å². The monoisotopic (exact) mass is 476 g/mol. The third kappa shape index (κ3) is 7.09. The second-order valence-electron chi connectivity index (χ2n) is 8.78. The highest BCUT2D eigenvalue weighted by Crippen LogP contribution is 2.39. The standard InChI is InChI=1S/C29H32O6/c1-19(2)11-9-12-21(5)17-18-32-27-26(35-28(30)22-13-7-6-8-14-22)25-23(33-20(3)4)15-10-16-24(25)34-29(27)31/h6-8,10-11,13-17,20H,9,12,18H2,1-5H3. The van der Waals surface area contributed by atoms with Crippen LogP contribution in [-0.4, -0.2) is 18.7 Å². The summed E-state index contributed by atoms with van der Waals surface area (Å²) in [5.74, 6) is -0.377. The zero-order valence-electron chi connectivity index (χ0n) is 20.9. The van der Waals surface area contributed by atoms with Crippen LogP contribution in [0.1, 0.15) is 57.8 Å². The van der Waals surface area contributed by atoms with Crippen molar-refractivity contribution < 1.29 is 23.4 Å². The zero-order chi connectivity index (χ0) is 25.4. The van der Waals surface area contributed by atoms with Gasteiger partial charge in [-0.15, -0.1) is 0 Å². The van der Waals surface area contributed by atoms with E-state index in [1.807, 2.05) is 26.8 Å². The van der Waals surface area contributed by atoms with E-state index in [2.05, 4.69) is 19.9 Å². The molecule has 6 nitrogen and oxygen atoms in total. The Labute approximate surface area is 205 Å². The van der Waals surface area contributed by atoms with Crippen molar-refractivity contribution in [3.8, 4) is 17.2 Å². The highest BCUT2D eigenvalue weighted by Gasteiger charge is 2.24. The molecule has 184 valence electrons. The van der Waals surface area contributed by atoms with Gasteiger partial charge in [0.2, 0.25) is 5.75 Å². The number of hydrogen-bond donors (Lipinski definition) is 0. The molecule has 0 N–H and O–H groups in total. The summed E-state index contributed by atoms with van der Waals surface area (Å²) in [5.41, 5.74) is 2.25. The first kappa shape index (κ1) is 25.8. The maximum Gasteiger partial charge on any atom is 0.383 e. The van der Waals surface area contributed by atoms with Gasteiger partial charge in [0.15, 0.2) is 5.75 Å². The number of rotatable bonds is 10. The van der Waals surface area contributed by atoms with Gasteiger partial charge in [0.05, 0.1) is 11.7 Å². The van der Waals surface area contributed by atoms with Gasteiger partial charge in [-0.2, -0.15) is 0 Å². The summed E-state index contributed by atoms with van der Waals surface area (Å²) < 4.78 is 23.0. The maximum atomic E-state index is 12.9. The smallest absolute Gasteiger partial charge is 0.383 e. The topological polar surface area (TPSA) is 75.0 Å². The first-order chi connectivity index (χ1) is 16.8. The fraction of sp³-hybridized carbons (Fsp3) is 0.310. The van der Waals surface area contributed by atoms with Crippen LogP contribution in [0.2, 0.25) is 0 Å². The number of allylic oxidation sites excluding steroid dienone is 3. The number of hydrogen-bond acceptors (Lipinski definition) is 6. The maximum absolute atomic E-state index is 12.9. The van der Waals surface area contributed by atoms with Crippen LogP contribution >= 0.6 is 0 Å². The molecule has 0 spiro atoms. The Hall–Kier alpha value is -3.80. The first-order valence-corrected chi connectivity index (χ1v) is 11.7. The van der Waals surface area contributed by atoms with Crippen LogP contribution in [-0.2, 0) is 0 Å². The molecule has 0 aliphatic heterocycles. The number of fused-ring (bicyclic) bond motifs is 1. The predicted molar refractivity (Wildman–Crippen MR) is 138 cm³/mol. The normalized spacial score (nSPS) is 11.4. The van der Waals surface area contributed by atoms with Crippen LogP contribution in [0.3, 0.4) is 0 Å². The van der Waals surface area contributed by atoms with E-state index in [-0.39, 0.29) is 29.8 Å². The zero-order valence-corrected chi connectivity index (χ0v) is 20.9. The van der Waals surface area contributed by atoms with Crippen molar-refractivity contribution in [2.45, 2.75) is 53.6 Å². The SMILES string of the molecule is CC(C)=CCCC(C)=CCOc1c(OC(=O)c2ccccc2)c2c(OC(C)C)cccc2oc1=O. The molecule has 1 aromatic heterocycles. The fourth-order valence-electron chi connectivity index (χ4n) is 3.43. The molecule has 0 radical (unpaired) electrons. The quantitative estimate of drug-likeness (QED) is 0.181. The Kier molecular flexibility index (Phi) is 8.90. The van der Waals surface area contributed by atoms with E-state index in [4.69, 9.17) is 18.6 Å². The Morgan fingerprint density at radius 3 is 2.40 bits per heavy atom. The summed E-state index contributed by atoms with van der Waals surface area (Å²) in [6, 6.07) is 13.6. The fourth-order valence-corrected chi connectivity index (χ4v) is 3.43. The molecular weight excluding hydrogens is 444 g/mol. The van der Waals surface area contributed by atoms with E-state index < -0.39 is 11.6 Å². The van der Waals surface area contributed by atoms with Crippen LogP contribution in [0.25, 0.3) is 11.0 Å². The molecular formula is C29H32O6. The van der Waals surface area contributed by atoms with Crippen molar-refractivity contribution >= 4 is 16.9 Å². The van der Waals surface area contributed by atoms with Gasteiger partial charge in [-0.3, -0.25) is 0 Å². The molecule has 0 amide bonds. The Morgan fingerprint density at radius 2 is 1.71 bits per heavy atom. The average molecular weight is 477 g/mol. The van der Waals surface area contributed by atoms with E-state index >= 15 is 0 Å². The lowest BCUT2D eigenvalue weighted by molar-refractivity contribution is 0.0730. The van der Waals surface area contributed by atoms with E-state index in [9.17, 15) is 9.59 Å². The second-order valence-corrected chi connectivity index (χ2v) is 8.78. The molecule has 1 heterocycles. The largest absolute Gasteiger partial charge is 0.490 e. The van der Waals surface area contributed by atoms with E-state index in [0.717, 1.165) is 18.4 Å². The molecule has 0 fully saturated rings. The van der Waals surface area contributed by atoms with E-state index in [1.165, 1.54) is 5.57 Å². The summed E-state index contributed by atoms with van der Waals surface area (Å²) in [7, 11) is 0. The molecule has 0 saturated heterocycles. The number of carbonyl (C=O) groups is 1. The summed E-state index contributed by atoms with van der Waals surface area (Å²) in [6.07, 6.45) is 5.73. The van der Waals surface area contributed by atoms with Crippen LogP contribution in [0.15, 0.2) is 81.0 Å². The molecule has 0 saturated carbocycles. The van der Waals surface area contributed by atoms with Crippen LogP contribution in [0, 0.1) is 0 Å². The third-order valence-electron chi connectivity index (χ3n) is 5.13. The highest BCUT2D eigenvalue weighted by atomic mass is 16.6. The first-order valence-electron chi connectivity index (χ1n) is 11.7. The third-order valence-corrected chi connectivity index (χ3v) is 5.13. The van der Waals surface area contributed by atoms with Gasteiger partial charge in [0.1, 0.15) is 23.3 Å². The number of carbonyl (C=O) groups excluding carboxylic acids is 1. The summed E-state index contributed by atoms with van der Waals surface area (Å²) in [5, 5.41) is 0.365. The van der Waals surface area contributed by atoms with Gasteiger partial charge < -0.3 is 18.6 Å². The Balaban J connectivity index is 2.01. The molecule has 3 rings (SSSR count).